The third-order valence-electron chi connectivity index (χ3n) is 4.43. The maximum absolute atomic E-state index is 12.6. The van der Waals surface area contributed by atoms with Crippen molar-refractivity contribution in [1.82, 2.24) is 15.1 Å². The molecule has 2 aliphatic heterocycles. The lowest BCUT2D eigenvalue weighted by Crippen LogP contribution is -2.51. The van der Waals surface area contributed by atoms with Crippen LogP contribution in [-0.4, -0.2) is 54.6 Å². The van der Waals surface area contributed by atoms with Crippen molar-refractivity contribution in [3.8, 4) is 0 Å². The smallest absolute Gasteiger partial charge is 0.320 e. The van der Waals surface area contributed by atoms with E-state index in [0.717, 1.165) is 39.1 Å². The van der Waals surface area contributed by atoms with E-state index in [9.17, 15) is 4.79 Å². The molecule has 2 fully saturated rings. The van der Waals surface area contributed by atoms with Crippen molar-refractivity contribution in [2.24, 2.45) is 5.92 Å². The van der Waals surface area contributed by atoms with Crippen molar-refractivity contribution in [1.29, 1.82) is 0 Å². The molecule has 0 aromatic rings. The zero-order chi connectivity index (χ0) is 13.7. The lowest BCUT2D eigenvalue weighted by Gasteiger charge is -2.37. The molecule has 2 atom stereocenters. The van der Waals surface area contributed by atoms with Crippen LogP contribution in [0, 0.1) is 5.92 Å². The summed E-state index contributed by atoms with van der Waals surface area (Å²) in [6.45, 7) is 9.02. The van der Waals surface area contributed by atoms with Gasteiger partial charge in [-0.25, -0.2) is 4.79 Å². The molecule has 0 spiro atoms. The van der Waals surface area contributed by atoms with E-state index in [1.807, 2.05) is 4.90 Å². The second-order valence-corrected chi connectivity index (χ2v) is 6.16. The van der Waals surface area contributed by atoms with E-state index in [0.29, 0.717) is 12.0 Å². The molecule has 2 saturated heterocycles. The van der Waals surface area contributed by atoms with Crippen LogP contribution in [0.4, 0.5) is 4.79 Å². The lowest BCUT2D eigenvalue weighted by atomic mass is 10.0. The molecule has 4 heteroatoms. The van der Waals surface area contributed by atoms with Gasteiger partial charge in [0.1, 0.15) is 0 Å². The van der Waals surface area contributed by atoms with E-state index >= 15 is 0 Å². The molecule has 110 valence electrons. The molecular formula is C15H29N3O. The van der Waals surface area contributed by atoms with E-state index in [1.54, 1.807) is 0 Å². The summed E-state index contributed by atoms with van der Waals surface area (Å²) in [5, 5.41) is 3.54. The Kier molecular flexibility index (Phi) is 5.49. The maximum atomic E-state index is 12.6. The zero-order valence-electron chi connectivity index (χ0n) is 12.5. The first-order valence-electron chi connectivity index (χ1n) is 7.98. The Morgan fingerprint density at radius 3 is 2.79 bits per heavy atom. The van der Waals surface area contributed by atoms with E-state index < -0.39 is 0 Å². The number of amides is 2. The zero-order valence-corrected chi connectivity index (χ0v) is 12.5. The van der Waals surface area contributed by atoms with Crippen molar-refractivity contribution in [3.05, 3.63) is 0 Å². The van der Waals surface area contributed by atoms with Crippen LogP contribution in [0.3, 0.4) is 0 Å². The number of carbonyl (C=O) groups excluding carboxylic acids is 1. The highest BCUT2D eigenvalue weighted by atomic mass is 16.2. The van der Waals surface area contributed by atoms with Crippen molar-refractivity contribution < 1.29 is 4.79 Å². The molecule has 19 heavy (non-hydrogen) atoms. The van der Waals surface area contributed by atoms with Gasteiger partial charge in [-0.1, -0.05) is 13.3 Å². The highest BCUT2D eigenvalue weighted by Crippen LogP contribution is 2.17. The third kappa shape index (κ3) is 4.10. The fourth-order valence-corrected chi connectivity index (χ4v) is 3.25. The molecule has 2 rings (SSSR count). The molecule has 2 heterocycles. The third-order valence-corrected chi connectivity index (χ3v) is 4.43. The second-order valence-electron chi connectivity index (χ2n) is 6.16. The SMILES string of the molecule is CCN(CC1CCCCN1)C(=O)N1CCCC(C)C1. The standard InChI is InChI=1S/C15H29N3O/c1-3-17(12-14-8-4-5-9-16-14)15(19)18-10-6-7-13(2)11-18/h13-14,16H,3-12H2,1-2H3. The summed E-state index contributed by atoms with van der Waals surface area (Å²) in [4.78, 5) is 16.7. The summed E-state index contributed by atoms with van der Waals surface area (Å²) in [5.41, 5.74) is 0. The molecule has 0 bridgehead atoms. The monoisotopic (exact) mass is 267 g/mol. The van der Waals surface area contributed by atoms with Gasteiger partial charge in [-0.3, -0.25) is 0 Å². The Morgan fingerprint density at radius 2 is 2.16 bits per heavy atom. The fraction of sp³-hybridized carbons (Fsp3) is 0.933. The Bertz CT molecular complexity index is 289. The number of likely N-dealkylation sites (N-methyl/N-ethyl adjacent to an activating group) is 1. The van der Waals surface area contributed by atoms with Gasteiger partial charge < -0.3 is 15.1 Å². The largest absolute Gasteiger partial charge is 0.324 e. The molecule has 0 aliphatic carbocycles. The van der Waals surface area contributed by atoms with Gasteiger partial charge in [-0.15, -0.1) is 0 Å². The van der Waals surface area contributed by atoms with Crippen molar-refractivity contribution in [2.75, 3.05) is 32.7 Å². The van der Waals surface area contributed by atoms with Crippen LogP contribution >= 0.6 is 0 Å². The number of likely N-dealkylation sites (tertiary alicyclic amines) is 1. The summed E-state index contributed by atoms with van der Waals surface area (Å²) in [6.07, 6.45) is 6.21. The fourth-order valence-electron chi connectivity index (χ4n) is 3.25. The number of hydrogen-bond donors (Lipinski definition) is 1. The molecule has 0 aromatic heterocycles. The van der Waals surface area contributed by atoms with Crippen LogP contribution in [0.1, 0.15) is 46.0 Å². The quantitative estimate of drug-likeness (QED) is 0.851. The normalized spacial score (nSPS) is 28.2. The first kappa shape index (κ1) is 14.6. The molecule has 0 radical (unpaired) electrons. The van der Waals surface area contributed by atoms with Gasteiger partial charge in [0.05, 0.1) is 0 Å². The Balaban J connectivity index is 1.86. The maximum Gasteiger partial charge on any atom is 0.320 e. The van der Waals surface area contributed by atoms with E-state index in [1.165, 1.54) is 25.7 Å². The molecule has 1 N–H and O–H groups in total. The van der Waals surface area contributed by atoms with Gasteiger partial charge in [-0.05, 0) is 45.1 Å². The minimum atomic E-state index is 0.251. The lowest BCUT2D eigenvalue weighted by molar-refractivity contribution is 0.127. The molecule has 2 unspecified atom stereocenters. The number of hydrogen-bond acceptors (Lipinski definition) is 2. The average Bonchev–Trinajstić information content (AvgIpc) is 2.45. The van der Waals surface area contributed by atoms with Gasteiger partial charge in [0.25, 0.3) is 0 Å². The van der Waals surface area contributed by atoms with Crippen LogP contribution in [0.15, 0.2) is 0 Å². The van der Waals surface area contributed by atoms with Gasteiger partial charge in [0.15, 0.2) is 0 Å². The first-order chi connectivity index (χ1) is 9.20. The van der Waals surface area contributed by atoms with Crippen LogP contribution in [0.25, 0.3) is 0 Å². The van der Waals surface area contributed by atoms with Crippen LogP contribution < -0.4 is 5.32 Å². The van der Waals surface area contributed by atoms with Gasteiger partial charge in [0.2, 0.25) is 0 Å². The predicted molar refractivity (Wildman–Crippen MR) is 78.3 cm³/mol. The second kappa shape index (κ2) is 7.13. The summed E-state index contributed by atoms with van der Waals surface area (Å²) in [7, 11) is 0. The van der Waals surface area contributed by atoms with Gasteiger partial charge >= 0.3 is 6.03 Å². The number of urea groups is 1. The summed E-state index contributed by atoms with van der Waals surface area (Å²) in [5.74, 6) is 0.657. The Hall–Kier alpha value is -0.770. The van der Waals surface area contributed by atoms with Crippen LogP contribution in [0.5, 0.6) is 0 Å². The molecule has 0 aromatic carbocycles. The van der Waals surface area contributed by atoms with Gasteiger partial charge in [0, 0.05) is 32.2 Å². The van der Waals surface area contributed by atoms with Crippen LogP contribution in [0.2, 0.25) is 0 Å². The number of nitrogens with one attached hydrogen (secondary N) is 1. The Morgan fingerprint density at radius 1 is 1.32 bits per heavy atom. The molecule has 2 aliphatic rings. The molecule has 0 saturated carbocycles. The van der Waals surface area contributed by atoms with Crippen molar-refractivity contribution in [2.45, 2.75) is 52.0 Å². The number of carbonyl (C=O) groups is 1. The first-order valence-corrected chi connectivity index (χ1v) is 7.98. The summed E-state index contributed by atoms with van der Waals surface area (Å²) >= 11 is 0. The minimum Gasteiger partial charge on any atom is -0.324 e. The van der Waals surface area contributed by atoms with Crippen LogP contribution in [-0.2, 0) is 0 Å². The topological polar surface area (TPSA) is 35.6 Å². The molecular weight excluding hydrogens is 238 g/mol. The number of nitrogens with zero attached hydrogens (tertiary/aromatic N) is 2. The molecule has 4 nitrogen and oxygen atoms in total. The summed E-state index contributed by atoms with van der Waals surface area (Å²) < 4.78 is 0. The Labute approximate surface area is 117 Å². The van der Waals surface area contributed by atoms with Gasteiger partial charge in [-0.2, -0.15) is 0 Å². The average molecular weight is 267 g/mol. The van der Waals surface area contributed by atoms with E-state index in [-0.39, 0.29) is 6.03 Å². The van der Waals surface area contributed by atoms with Crippen molar-refractivity contribution >= 4 is 6.03 Å². The van der Waals surface area contributed by atoms with E-state index in [4.69, 9.17) is 0 Å². The number of piperidine rings is 2. The van der Waals surface area contributed by atoms with Crippen molar-refractivity contribution in [3.63, 3.8) is 0 Å². The number of rotatable bonds is 3. The highest BCUT2D eigenvalue weighted by molar-refractivity contribution is 5.74. The van der Waals surface area contributed by atoms with E-state index in [2.05, 4.69) is 24.1 Å². The summed E-state index contributed by atoms with van der Waals surface area (Å²) in [6, 6.07) is 0.751. The predicted octanol–water partition coefficient (Wildman–Crippen LogP) is 2.30. The molecule has 2 amide bonds. The highest BCUT2D eigenvalue weighted by Gasteiger charge is 2.26. The minimum absolute atomic E-state index is 0.251.